The molecule has 0 aromatic heterocycles. The quantitative estimate of drug-likeness (QED) is 0.245. The Hall–Kier alpha value is -2.74. The second-order valence-electron chi connectivity index (χ2n) is 17.0. The molecule has 45 heavy (non-hydrogen) atoms. The lowest BCUT2D eigenvalue weighted by Crippen LogP contribution is -2.60. The number of carbonyl (C=O) groups excluding carboxylic acids is 3. The number of benzene rings is 1. The van der Waals surface area contributed by atoms with Crippen molar-refractivity contribution in [2.75, 3.05) is 0 Å². The summed E-state index contributed by atoms with van der Waals surface area (Å²) in [7, 11) is 0. The molecule has 2 saturated carbocycles. The third-order valence-corrected chi connectivity index (χ3v) is 13.5. The Labute approximate surface area is 272 Å². The number of nitrogens with zero attached hydrogens (tertiary/aromatic N) is 1. The first kappa shape index (κ1) is 35.1. The summed E-state index contributed by atoms with van der Waals surface area (Å²) in [5, 5.41) is 10.0. The van der Waals surface area contributed by atoms with Crippen molar-refractivity contribution in [3.05, 3.63) is 47.5 Å². The normalized spacial score (nSPS) is 31.5. The van der Waals surface area contributed by atoms with Gasteiger partial charge in [-0.15, -0.1) is 0 Å². The van der Waals surface area contributed by atoms with E-state index in [1.165, 1.54) is 0 Å². The lowest BCUT2D eigenvalue weighted by molar-refractivity contribution is -0.167. The molecule has 246 valence electrons. The minimum absolute atomic E-state index is 0.0341. The van der Waals surface area contributed by atoms with E-state index in [1.54, 1.807) is 6.92 Å². The van der Waals surface area contributed by atoms with Gasteiger partial charge in [0.2, 0.25) is 0 Å². The molecule has 1 unspecified atom stereocenters. The second kappa shape index (κ2) is 12.5. The van der Waals surface area contributed by atoms with Gasteiger partial charge in [-0.1, -0.05) is 98.2 Å². The molecule has 4 rings (SSSR count). The molecule has 5 heteroatoms. The van der Waals surface area contributed by atoms with E-state index in [2.05, 4.69) is 47.6 Å². The zero-order valence-corrected chi connectivity index (χ0v) is 29.5. The molecule has 0 heterocycles. The Morgan fingerprint density at radius 2 is 1.62 bits per heavy atom. The highest BCUT2D eigenvalue weighted by Gasteiger charge is 2.64. The minimum atomic E-state index is -0.672. The SMILES string of the molecule is CC[C@@](C)(CCC1(C(=O)OCc2ccccc2)CCC(C)(C)CC1)[C@]1(C)CCC2C(C)(C)C(=O)C(C#N)=C[C@]2(C)[C@H]1CC(C)=O. The van der Waals surface area contributed by atoms with Crippen molar-refractivity contribution in [2.24, 2.45) is 44.3 Å². The van der Waals surface area contributed by atoms with Crippen LogP contribution >= 0.6 is 0 Å². The molecule has 5 atom stereocenters. The van der Waals surface area contributed by atoms with Gasteiger partial charge in [0.05, 0.1) is 11.0 Å². The topological polar surface area (TPSA) is 84.2 Å². The van der Waals surface area contributed by atoms with E-state index in [0.717, 1.165) is 63.4 Å². The summed E-state index contributed by atoms with van der Waals surface area (Å²) in [6.07, 6.45) is 10.3. The van der Waals surface area contributed by atoms with Gasteiger partial charge >= 0.3 is 5.97 Å². The summed E-state index contributed by atoms with van der Waals surface area (Å²) in [6.45, 7) is 19.7. The van der Waals surface area contributed by atoms with E-state index in [0.29, 0.717) is 6.42 Å². The van der Waals surface area contributed by atoms with Crippen LogP contribution in [0.2, 0.25) is 0 Å². The molecule has 0 saturated heterocycles. The maximum atomic E-state index is 14.0. The smallest absolute Gasteiger partial charge is 0.312 e. The number of nitriles is 1. The first-order valence-electron chi connectivity index (χ1n) is 17.3. The summed E-state index contributed by atoms with van der Waals surface area (Å²) in [5.74, 6) is 0.00693. The molecule has 0 spiro atoms. The first-order chi connectivity index (χ1) is 20.9. The van der Waals surface area contributed by atoms with Gasteiger partial charge in [-0.05, 0) is 97.3 Å². The minimum Gasteiger partial charge on any atom is -0.460 e. The highest BCUT2D eigenvalue weighted by atomic mass is 16.5. The number of allylic oxidation sites excluding steroid dienone is 2. The van der Waals surface area contributed by atoms with Crippen molar-refractivity contribution < 1.29 is 19.1 Å². The fourth-order valence-corrected chi connectivity index (χ4v) is 9.84. The predicted molar refractivity (Wildman–Crippen MR) is 179 cm³/mol. The van der Waals surface area contributed by atoms with Crippen LogP contribution in [0.15, 0.2) is 42.0 Å². The van der Waals surface area contributed by atoms with Gasteiger partial charge in [-0.3, -0.25) is 9.59 Å². The average molecular weight is 616 g/mol. The number of ether oxygens (including phenoxy) is 1. The van der Waals surface area contributed by atoms with Crippen LogP contribution in [-0.2, 0) is 25.7 Å². The number of ketones is 2. The van der Waals surface area contributed by atoms with E-state index in [9.17, 15) is 19.6 Å². The maximum Gasteiger partial charge on any atom is 0.312 e. The van der Waals surface area contributed by atoms with Gasteiger partial charge < -0.3 is 9.53 Å². The van der Waals surface area contributed by atoms with E-state index < -0.39 is 16.2 Å². The molecule has 0 amide bonds. The number of fused-ring (bicyclic) bond motifs is 1. The van der Waals surface area contributed by atoms with E-state index in [1.807, 2.05) is 50.3 Å². The molecule has 5 nitrogen and oxygen atoms in total. The Morgan fingerprint density at radius 3 is 2.18 bits per heavy atom. The van der Waals surface area contributed by atoms with Crippen molar-refractivity contribution in [3.8, 4) is 6.07 Å². The lowest BCUT2D eigenvalue weighted by atomic mass is 9.39. The van der Waals surface area contributed by atoms with Crippen LogP contribution < -0.4 is 0 Å². The molecule has 0 N–H and O–H groups in total. The van der Waals surface area contributed by atoms with Crippen LogP contribution in [-0.4, -0.2) is 17.5 Å². The highest BCUT2D eigenvalue weighted by molar-refractivity contribution is 6.04. The van der Waals surface area contributed by atoms with Crippen LogP contribution in [0, 0.1) is 55.7 Å². The summed E-state index contributed by atoms with van der Waals surface area (Å²) < 4.78 is 6.07. The van der Waals surface area contributed by atoms with E-state index >= 15 is 0 Å². The molecule has 0 radical (unpaired) electrons. The number of hydrogen-bond donors (Lipinski definition) is 0. The third-order valence-electron chi connectivity index (χ3n) is 13.5. The number of esters is 1. The van der Waals surface area contributed by atoms with Crippen molar-refractivity contribution in [3.63, 3.8) is 0 Å². The molecule has 3 aliphatic rings. The second-order valence-corrected chi connectivity index (χ2v) is 17.0. The van der Waals surface area contributed by atoms with Crippen LogP contribution in [0.5, 0.6) is 0 Å². The van der Waals surface area contributed by atoms with E-state index in [-0.39, 0.29) is 57.8 Å². The molecule has 2 fully saturated rings. The first-order valence-corrected chi connectivity index (χ1v) is 17.3. The standard InChI is InChI=1S/C40H57NO4/c1-10-37(7,20-23-40(21-18-35(3,4)19-22-40)34(44)45-27-29-14-12-11-13-15-29)39(9)17-16-31-36(5,6)33(43)30(26-41)25-38(31,8)32(39)24-28(2)42/h11-15,25,31-32H,10,16-24,27H2,1-9H3/t31?,32-,37+,38+,39-/m1/s1. The van der Waals surface area contributed by atoms with Crippen molar-refractivity contribution in [2.45, 2.75) is 133 Å². The van der Waals surface area contributed by atoms with Crippen LogP contribution in [0.3, 0.4) is 0 Å². The Bertz CT molecular complexity index is 1360. The van der Waals surface area contributed by atoms with Gasteiger partial charge in [0.25, 0.3) is 0 Å². The molecule has 1 aromatic rings. The molecular weight excluding hydrogens is 558 g/mol. The van der Waals surface area contributed by atoms with Crippen LogP contribution in [0.1, 0.15) is 132 Å². The van der Waals surface area contributed by atoms with Gasteiger partial charge in [0.15, 0.2) is 5.78 Å². The Kier molecular flexibility index (Phi) is 9.72. The zero-order chi connectivity index (χ0) is 33.5. The zero-order valence-electron chi connectivity index (χ0n) is 29.5. The van der Waals surface area contributed by atoms with Crippen molar-refractivity contribution >= 4 is 17.5 Å². The van der Waals surface area contributed by atoms with Crippen molar-refractivity contribution in [1.29, 1.82) is 5.26 Å². The Morgan fingerprint density at radius 1 is 1.00 bits per heavy atom. The lowest BCUT2D eigenvalue weighted by Gasteiger charge is -2.65. The fraction of sp³-hybridized carbons (Fsp3) is 0.700. The highest BCUT2D eigenvalue weighted by Crippen LogP contribution is 2.69. The maximum absolute atomic E-state index is 14.0. The van der Waals surface area contributed by atoms with Gasteiger partial charge in [0.1, 0.15) is 18.5 Å². The third kappa shape index (κ3) is 6.33. The molecular formula is C40H57NO4. The number of hydrogen-bond acceptors (Lipinski definition) is 5. The van der Waals surface area contributed by atoms with Gasteiger partial charge in [-0.25, -0.2) is 0 Å². The van der Waals surface area contributed by atoms with Crippen LogP contribution in [0.25, 0.3) is 0 Å². The summed E-state index contributed by atoms with van der Waals surface area (Å²) in [5.41, 5.74) is -0.644. The van der Waals surface area contributed by atoms with Crippen molar-refractivity contribution in [1.82, 2.24) is 0 Å². The summed E-state index contributed by atoms with van der Waals surface area (Å²) in [4.78, 5) is 40.4. The van der Waals surface area contributed by atoms with Crippen LogP contribution in [0.4, 0.5) is 0 Å². The summed E-state index contributed by atoms with van der Waals surface area (Å²) >= 11 is 0. The van der Waals surface area contributed by atoms with Gasteiger partial charge in [-0.2, -0.15) is 5.26 Å². The molecule has 3 aliphatic carbocycles. The monoisotopic (exact) mass is 615 g/mol. The number of carbonyl (C=O) groups is 3. The fourth-order valence-electron chi connectivity index (χ4n) is 9.84. The predicted octanol–water partition coefficient (Wildman–Crippen LogP) is 9.59. The molecule has 1 aromatic carbocycles. The van der Waals surface area contributed by atoms with E-state index in [4.69, 9.17) is 4.74 Å². The van der Waals surface area contributed by atoms with Gasteiger partial charge in [0, 0.05) is 11.8 Å². The largest absolute Gasteiger partial charge is 0.460 e. The Balaban J connectivity index is 1.70. The average Bonchev–Trinajstić information content (AvgIpc) is 2.99. The number of rotatable bonds is 10. The molecule has 0 bridgehead atoms. The number of Topliss-reactive ketones (excluding diaryl/α,β-unsaturated/α-hetero) is 2. The molecule has 0 aliphatic heterocycles. The summed E-state index contributed by atoms with van der Waals surface area (Å²) in [6, 6.07) is 12.1.